The lowest BCUT2D eigenvalue weighted by molar-refractivity contribution is -0.115. The molecule has 0 bridgehead atoms. The first-order chi connectivity index (χ1) is 12.0. The van der Waals surface area contributed by atoms with Crippen LogP contribution in [0, 0.1) is 0 Å². The van der Waals surface area contributed by atoms with Gasteiger partial charge in [-0.3, -0.25) is 9.20 Å². The number of thioether (sulfide) groups is 1. The summed E-state index contributed by atoms with van der Waals surface area (Å²) in [5.74, 6) is -0.445. The number of ether oxygens (including phenoxy) is 1. The number of fused-ring (bicyclic) bond motifs is 1. The molecule has 1 unspecified atom stereocenters. The first kappa shape index (κ1) is 17.2. The molecule has 0 saturated carbocycles. The van der Waals surface area contributed by atoms with Crippen molar-refractivity contribution in [2.45, 2.75) is 23.9 Å². The van der Waals surface area contributed by atoms with Gasteiger partial charge >= 0.3 is 6.61 Å². The second kappa shape index (κ2) is 7.47. The predicted octanol–water partition coefficient (Wildman–Crippen LogP) is 3.45. The van der Waals surface area contributed by atoms with E-state index in [9.17, 15) is 13.6 Å². The number of halogens is 2. The van der Waals surface area contributed by atoms with E-state index in [0.717, 1.165) is 0 Å². The van der Waals surface area contributed by atoms with Gasteiger partial charge in [-0.05, 0) is 31.2 Å². The van der Waals surface area contributed by atoms with Crippen LogP contribution in [0.3, 0.4) is 0 Å². The lowest BCUT2D eigenvalue weighted by Gasteiger charge is -2.14. The van der Waals surface area contributed by atoms with E-state index < -0.39 is 11.9 Å². The van der Waals surface area contributed by atoms with Gasteiger partial charge in [-0.15, -0.1) is 10.2 Å². The number of carbonyl (C=O) groups excluding carboxylic acids is 1. The molecule has 0 radical (unpaired) electrons. The van der Waals surface area contributed by atoms with Crippen LogP contribution in [0.1, 0.15) is 6.92 Å². The Labute approximate surface area is 146 Å². The number of carbonyl (C=O) groups is 1. The van der Waals surface area contributed by atoms with Crippen LogP contribution in [0.5, 0.6) is 5.75 Å². The number of pyridine rings is 1. The van der Waals surface area contributed by atoms with E-state index in [4.69, 9.17) is 0 Å². The van der Waals surface area contributed by atoms with Gasteiger partial charge in [0.25, 0.3) is 0 Å². The lowest BCUT2D eigenvalue weighted by atomic mass is 10.3. The molecular weight excluding hydrogens is 350 g/mol. The SMILES string of the molecule is CC(Sc1nnc2ccccn12)C(=O)Nc1ccccc1OC(F)F. The van der Waals surface area contributed by atoms with Crippen LogP contribution in [0.4, 0.5) is 14.5 Å². The minimum Gasteiger partial charge on any atom is -0.433 e. The van der Waals surface area contributed by atoms with Gasteiger partial charge in [0.2, 0.25) is 5.91 Å². The Morgan fingerprint density at radius 1 is 1.20 bits per heavy atom. The fourth-order valence-corrected chi connectivity index (χ4v) is 2.95. The van der Waals surface area contributed by atoms with E-state index in [1.165, 1.54) is 23.9 Å². The molecule has 0 fully saturated rings. The summed E-state index contributed by atoms with van der Waals surface area (Å²) in [5, 5.41) is 10.7. The highest BCUT2D eigenvalue weighted by molar-refractivity contribution is 8.00. The summed E-state index contributed by atoms with van der Waals surface area (Å²) in [6, 6.07) is 11.5. The van der Waals surface area contributed by atoms with Gasteiger partial charge in [0, 0.05) is 6.20 Å². The Morgan fingerprint density at radius 3 is 2.76 bits per heavy atom. The molecular formula is C16H14F2N4O2S. The van der Waals surface area contributed by atoms with Crippen LogP contribution in [0.2, 0.25) is 0 Å². The monoisotopic (exact) mass is 364 g/mol. The second-order valence-electron chi connectivity index (χ2n) is 5.04. The summed E-state index contributed by atoms with van der Waals surface area (Å²) >= 11 is 1.22. The molecule has 1 aromatic carbocycles. The van der Waals surface area contributed by atoms with Crippen LogP contribution >= 0.6 is 11.8 Å². The highest BCUT2D eigenvalue weighted by Crippen LogP contribution is 2.28. The predicted molar refractivity (Wildman–Crippen MR) is 90.0 cm³/mol. The normalized spacial score (nSPS) is 12.3. The zero-order chi connectivity index (χ0) is 17.8. The van der Waals surface area contributed by atoms with E-state index in [0.29, 0.717) is 10.8 Å². The summed E-state index contributed by atoms with van der Waals surface area (Å²) in [5.41, 5.74) is 0.861. The maximum atomic E-state index is 12.4. The van der Waals surface area contributed by atoms with Gasteiger partial charge in [0.05, 0.1) is 10.9 Å². The number of hydrogen-bond acceptors (Lipinski definition) is 5. The maximum absolute atomic E-state index is 12.4. The van der Waals surface area contributed by atoms with Crippen molar-refractivity contribution in [1.82, 2.24) is 14.6 Å². The third-order valence-corrected chi connectivity index (χ3v) is 4.35. The van der Waals surface area contributed by atoms with Crippen LogP contribution < -0.4 is 10.1 Å². The van der Waals surface area contributed by atoms with E-state index >= 15 is 0 Å². The van der Waals surface area contributed by atoms with Crippen molar-refractivity contribution in [3.8, 4) is 5.75 Å². The Kier molecular flexibility index (Phi) is 5.13. The molecule has 1 atom stereocenters. The minimum absolute atomic E-state index is 0.0871. The maximum Gasteiger partial charge on any atom is 0.387 e. The molecule has 0 aliphatic heterocycles. The number of hydrogen-bond donors (Lipinski definition) is 1. The molecule has 2 heterocycles. The summed E-state index contributed by atoms with van der Waals surface area (Å²) in [4.78, 5) is 12.4. The summed E-state index contributed by atoms with van der Waals surface area (Å²) in [6.45, 7) is -1.27. The van der Waals surface area contributed by atoms with Crippen molar-refractivity contribution in [2.24, 2.45) is 0 Å². The quantitative estimate of drug-likeness (QED) is 0.679. The molecule has 3 aromatic rings. The first-order valence-electron chi connectivity index (χ1n) is 7.35. The summed E-state index contributed by atoms with van der Waals surface area (Å²) < 4.78 is 31.1. The number of amides is 1. The summed E-state index contributed by atoms with van der Waals surface area (Å²) in [7, 11) is 0. The average Bonchev–Trinajstić information content (AvgIpc) is 2.99. The van der Waals surface area contributed by atoms with E-state index in [2.05, 4.69) is 20.3 Å². The third-order valence-electron chi connectivity index (χ3n) is 3.29. The number of nitrogens with zero attached hydrogens (tertiary/aromatic N) is 3. The van der Waals surface area contributed by atoms with Crippen molar-refractivity contribution in [3.05, 3.63) is 48.7 Å². The fraction of sp³-hybridized carbons (Fsp3) is 0.188. The molecule has 3 rings (SSSR count). The van der Waals surface area contributed by atoms with Crippen molar-refractivity contribution in [1.29, 1.82) is 0 Å². The van der Waals surface area contributed by atoms with Crippen molar-refractivity contribution >= 4 is 29.0 Å². The minimum atomic E-state index is -2.97. The third kappa shape index (κ3) is 4.05. The number of aromatic nitrogens is 3. The first-order valence-corrected chi connectivity index (χ1v) is 8.23. The lowest BCUT2D eigenvalue weighted by Crippen LogP contribution is -2.23. The number of rotatable bonds is 6. The molecule has 1 N–H and O–H groups in total. The fourth-order valence-electron chi connectivity index (χ4n) is 2.11. The van der Waals surface area contributed by atoms with Crippen molar-refractivity contribution < 1.29 is 18.3 Å². The highest BCUT2D eigenvalue weighted by Gasteiger charge is 2.19. The number of para-hydroxylation sites is 2. The molecule has 9 heteroatoms. The largest absolute Gasteiger partial charge is 0.433 e. The molecule has 0 saturated heterocycles. The topological polar surface area (TPSA) is 68.5 Å². The molecule has 25 heavy (non-hydrogen) atoms. The van der Waals surface area contributed by atoms with Crippen molar-refractivity contribution in [2.75, 3.05) is 5.32 Å². The van der Waals surface area contributed by atoms with E-state index in [1.807, 2.05) is 12.1 Å². The number of benzene rings is 1. The molecule has 2 aromatic heterocycles. The summed E-state index contributed by atoms with van der Waals surface area (Å²) in [6.07, 6.45) is 1.80. The number of anilines is 1. The zero-order valence-corrected chi connectivity index (χ0v) is 13.9. The van der Waals surface area contributed by atoms with Gasteiger partial charge in [-0.1, -0.05) is 30.0 Å². The Hall–Kier alpha value is -2.68. The molecule has 6 nitrogen and oxygen atoms in total. The molecule has 0 aliphatic rings. The van der Waals surface area contributed by atoms with Crippen LogP contribution in [0.15, 0.2) is 53.8 Å². The molecule has 0 spiro atoms. The smallest absolute Gasteiger partial charge is 0.387 e. The highest BCUT2D eigenvalue weighted by atomic mass is 32.2. The van der Waals surface area contributed by atoms with Crippen molar-refractivity contribution in [3.63, 3.8) is 0 Å². The van der Waals surface area contributed by atoms with Crippen LogP contribution in [-0.2, 0) is 4.79 Å². The molecule has 130 valence electrons. The standard InChI is InChI=1S/C16H14F2N4O2S/c1-10(25-16-21-20-13-8-4-5-9-22(13)16)14(23)19-11-6-2-3-7-12(11)24-15(17)18/h2-10,15H,1H3,(H,19,23). The van der Waals surface area contributed by atoms with Gasteiger partial charge in [0.15, 0.2) is 10.8 Å². The van der Waals surface area contributed by atoms with Crippen LogP contribution in [0.25, 0.3) is 5.65 Å². The van der Waals surface area contributed by atoms with Gasteiger partial charge in [-0.2, -0.15) is 8.78 Å². The molecule has 1 amide bonds. The van der Waals surface area contributed by atoms with Gasteiger partial charge in [-0.25, -0.2) is 0 Å². The van der Waals surface area contributed by atoms with Gasteiger partial charge in [0.1, 0.15) is 5.75 Å². The zero-order valence-electron chi connectivity index (χ0n) is 13.1. The Bertz CT molecular complexity index is 887. The van der Waals surface area contributed by atoms with Gasteiger partial charge < -0.3 is 10.1 Å². The van der Waals surface area contributed by atoms with Crippen LogP contribution in [-0.4, -0.2) is 32.4 Å². The Balaban J connectivity index is 1.71. The average molecular weight is 364 g/mol. The van der Waals surface area contributed by atoms with E-state index in [1.54, 1.807) is 35.7 Å². The van der Waals surface area contributed by atoms with E-state index in [-0.39, 0.29) is 17.3 Å². The number of nitrogens with one attached hydrogen (secondary N) is 1. The Morgan fingerprint density at radius 2 is 1.96 bits per heavy atom. The second-order valence-corrected chi connectivity index (χ2v) is 6.34. The number of alkyl halides is 2. The molecule has 0 aliphatic carbocycles.